The first-order valence-corrected chi connectivity index (χ1v) is 5.65. The minimum Gasteiger partial charge on any atom is -0.379 e. The zero-order chi connectivity index (χ0) is 12.7. The molecule has 1 heterocycles. The molecule has 94 valence electrons. The number of hydrogen-bond acceptors (Lipinski definition) is 3. The Labute approximate surface area is 101 Å². The zero-order valence-corrected chi connectivity index (χ0v) is 10.4. The van der Waals surface area contributed by atoms with Crippen LogP contribution in [0.1, 0.15) is 28.2 Å². The molecule has 0 spiro atoms. The van der Waals surface area contributed by atoms with Crippen LogP contribution >= 0.6 is 0 Å². The van der Waals surface area contributed by atoms with Crippen LogP contribution in [-0.4, -0.2) is 35.9 Å². The van der Waals surface area contributed by atoms with Gasteiger partial charge in [-0.25, -0.2) is 0 Å². The van der Waals surface area contributed by atoms with Crippen LogP contribution in [0, 0.1) is 13.8 Å². The lowest BCUT2D eigenvalue weighted by Gasteiger charge is -2.05. The van der Waals surface area contributed by atoms with Crippen LogP contribution in [0.3, 0.4) is 0 Å². The standard InChI is InChI=1S/C12H19N3O2/c1-4-5-7-17-8-6-13-12(16)11-9(2)14-15-10(11)3/h4H,1,5-8H2,2-3H3,(H,13,16)(H,14,15). The summed E-state index contributed by atoms with van der Waals surface area (Å²) in [6.45, 7) is 8.88. The van der Waals surface area contributed by atoms with Crippen LogP contribution in [0.25, 0.3) is 0 Å². The van der Waals surface area contributed by atoms with E-state index >= 15 is 0 Å². The summed E-state index contributed by atoms with van der Waals surface area (Å²) < 4.78 is 5.29. The summed E-state index contributed by atoms with van der Waals surface area (Å²) in [6.07, 6.45) is 2.63. The number of rotatable bonds is 7. The Morgan fingerprint density at radius 2 is 2.29 bits per heavy atom. The molecule has 0 unspecified atom stereocenters. The fourth-order valence-electron chi connectivity index (χ4n) is 1.48. The molecule has 0 saturated carbocycles. The first kappa shape index (κ1) is 13.4. The van der Waals surface area contributed by atoms with E-state index in [-0.39, 0.29) is 5.91 Å². The molecule has 17 heavy (non-hydrogen) atoms. The molecule has 0 aliphatic carbocycles. The highest BCUT2D eigenvalue weighted by Crippen LogP contribution is 2.08. The maximum Gasteiger partial charge on any atom is 0.255 e. The SMILES string of the molecule is C=CCCOCCNC(=O)c1c(C)n[nH]c1C. The van der Waals surface area contributed by atoms with Crippen LogP contribution in [0.2, 0.25) is 0 Å². The smallest absolute Gasteiger partial charge is 0.255 e. The molecule has 1 aromatic heterocycles. The zero-order valence-electron chi connectivity index (χ0n) is 10.4. The summed E-state index contributed by atoms with van der Waals surface area (Å²) in [6, 6.07) is 0. The van der Waals surface area contributed by atoms with Gasteiger partial charge in [-0.05, 0) is 20.3 Å². The summed E-state index contributed by atoms with van der Waals surface area (Å²) in [5.41, 5.74) is 2.12. The van der Waals surface area contributed by atoms with Crippen LogP contribution in [0.5, 0.6) is 0 Å². The number of aromatic nitrogens is 2. The van der Waals surface area contributed by atoms with Crippen LogP contribution < -0.4 is 5.32 Å². The number of carbonyl (C=O) groups excluding carboxylic acids is 1. The number of aryl methyl sites for hydroxylation is 2. The van der Waals surface area contributed by atoms with Crippen molar-refractivity contribution in [2.75, 3.05) is 19.8 Å². The van der Waals surface area contributed by atoms with Crippen molar-refractivity contribution in [3.05, 3.63) is 29.6 Å². The van der Waals surface area contributed by atoms with E-state index in [1.165, 1.54) is 0 Å². The molecule has 0 radical (unpaired) electrons. The van der Waals surface area contributed by atoms with E-state index in [4.69, 9.17) is 4.74 Å². The third kappa shape index (κ3) is 4.03. The third-order valence-electron chi connectivity index (χ3n) is 2.35. The van der Waals surface area contributed by atoms with Gasteiger partial charge >= 0.3 is 0 Å². The largest absolute Gasteiger partial charge is 0.379 e. The van der Waals surface area contributed by atoms with Crippen molar-refractivity contribution in [3.63, 3.8) is 0 Å². The van der Waals surface area contributed by atoms with Crippen molar-refractivity contribution in [2.45, 2.75) is 20.3 Å². The van der Waals surface area contributed by atoms with Crippen molar-refractivity contribution in [2.24, 2.45) is 0 Å². The molecular formula is C12H19N3O2. The lowest BCUT2D eigenvalue weighted by atomic mass is 10.2. The molecule has 2 N–H and O–H groups in total. The van der Waals surface area contributed by atoms with E-state index < -0.39 is 0 Å². The van der Waals surface area contributed by atoms with Gasteiger partial charge in [0.2, 0.25) is 0 Å². The van der Waals surface area contributed by atoms with Gasteiger partial charge in [0.25, 0.3) is 5.91 Å². The Balaban J connectivity index is 2.28. The summed E-state index contributed by atoms with van der Waals surface area (Å²) in [5, 5.41) is 9.55. The molecule has 0 atom stereocenters. The predicted molar refractivity (Wildman–Crippen MR) is 66.0 cm³/mol. The van der Waals surface area contributed by atoms with Gasteiger partial charge in [0.05, 0.1) is 24.5 Å². The number of hydrogen-bond donors (Lipinski definition) is 2. The van der Waals surface area contributed by atoms with E-state index in [1.807, 2.05) is 6.92 Å². The summed E-state index contributed by atoms with van der Waals surface area (Å²) in [5.74, 6) is -0.110. The molecule has 1 amide bonds. The number of nitrogens with zero attached hydrogens (tertiary/aromatic N) is 1. The molecule has 5 nitrogen and oxygen atoms in total. The molecular weight excluding hydrogens is 218 g/mol. The molecule has 0 bridgehead atoms. The Morgan fingerprint density at radius 3 is 2.88 bits per heavy atom. The summed E-state index contributed by atoms with van der Waals surface area (Å²) in [7, 11) is 0. The maximum atomic E-state index is 11.8. The van der Waals surface area contributed by atoms with Crippen molar-refractivity contribution in [1.82, 2.24) is 15.5 Å². The van der Waals surface area contributed by atoms with E-state index in [1.54, 1.807) is 13.0 Å². The molecule has 0 saturated heterocycles. The summed E-state index contributed by atoms with van der Waals surface area (Å²) in [4.78, 5) is 11.8. The van der Waals surface area contributed by atoms with E-state index in [2.05, 4.69) is 22.1 Å². The van der Waals surface area contributed by atoms with E-state index in [0.29, 0.717) is 31.0 Å². The number of amides is 1. The molecule has 0 aromatic carbocycles. The molecule has 0 aliphatic heterocycles. The van der Waals surface area contributed by atoms with Crippen molar-refractivity contribution in [1.29, 1.82) is 0 Å². The number of H-pyrrole nitrogens is 1. The average Bonchev–Trinajstić information content (AvgIpc) is 2.63. The second kappa shape index (κ2) is 6.85. The number of ether oxygens (including phenoxy) is 1. The van der Waals surface area contributed by atoms with Crippen molar-refractivity contribution in [3.8, 4) is 0 Å². The van der Waals surface area contributed by atoms with Gasteiger partial charge in [-0.15, -0.1) is 6.58 Å². The number of carbonyl (C=O) groups is 1. The van der Waals surface area contributed by atoms with Gasteiger partial charge < -0.3 is 10.1 Å². The molecule has 5 heteroatoms. The van der Waals surface area contributed by atoms with Crippen LogP contribution in [0.4, 0.5) is 0 Å². The topological polar surface area (TPSA) is 67.0 Å². The normalized spacial score (nSPS) is 10.2. The molecule has 0 aliphatic rings. The Hall–Kier alpha value is -1.62. The third-order valence-corrected chi connectivity index (χ3v) is 2.35. The van der Waals surface area contributed by atoms with Gasteiger partial charge in [0, 0.05) is 12.2 Å². The quantitative estimate of drug-likeness (QED) is 0.555. The average molecular weight is 237 g/mol. The highest BCUT2D eigenvalue weighted by Gasteiger charge is 2.14. The summed E-state index contributed by atoms with van der Waals surface area (Å²) >= 11 is 0. The maximum absolute atomic E-state index is 11.8. The first-order valence-electron chi connectivity index (χ1n) is 5.65. The van der Waals surface area contributed by atoms with E-state index in [0.717, 1.165) is 12.1 Å². The van der Waals surface area contributed by atoms with Gasteiger partial charge in [0.15, 0.2) is 0 Å². The van der Waals surface area contributed by atoms with Crippen LogP contribution in [-0.2, 0) is 4.74 Å². The van der Waals surface area contributed by atoms with Gasteiger partial charge in [-0.3, -0.25) is 9.89 Å². The minimum atomic E-state index is -0.110. The van der Waals surface area contributed by atoms with Crippen LogP contribution in [0.15, 0.2) is 12.7 Å². The lowest BCUT2D eigenvalue weighted by molar-refractivity contribution is 0.0917. The second-order valence-electron chi connectivity index (χ2n) is 3.75. The van der Waals surface area contributed by atoms with Gasteiger partial charge in [0.1, 0.15) is 0 Å². The number of nitrogens with one attached hydrogen (secondary N) is 2. The van der Waals surface area contributed by atoms with Crippen molar-refractivity contribution < 1.29 is 9.53 Å². The Kier molecular flexibility index (Phi) is 5.42. The molecule has 1 rings (SSSR count). The van der Waals surface area contributed by atoms with E-state index in [9.17, 15) is 4.79 Å². The second-order valence-corrected chi connectivity index (χ2v) is 3.75. The Morgan fingerprint density at radius 1 is 1.53 bits per heavy atom. The highest BCUT2D eigenvalue weighted by atomic mass is 16.5. The number of aromatic amines is 1. The minimum absolute atomic E-state index is 0.110. The van der Waals surface area contributed by atoms with Crippen molar-refractivity contribution >= 4 is 5.91 Å². The lowest BCUT2D eigenvalue weighted by Crippen LogP contribution is -2.28. The fraction of sp³-hybridized carbons (Fsp3) is 0.500. The highest BCUT2D eigenvalue weighted by molar-refractivity contribution is 5.96. The fourth-order valence-corrected chi connectivity index (χ4v) is 1.48. The Bertz CT molecular complexity index is 366. The molecule has 1 aromatic rings. The first-order chi connectivity index (χ1) is 8.16. The van der Waals surface area contributed by atoms with Gasteiger partial charge in [-0.1, -0.05) is 6.08 Å². The monoisotopic (exact) mass is 237 g/mol. The predicted octanol–water partition coefficient (Wildman–Crippen LogP) is 1.35. The molecule has 0 fully saturated rings. The van der Waals surface area contributed by atoms with Gasteiger partial charge in [-0.2, -0.15) is 5.10 Å².